The maximum Gasteiger partial charge on any atom is 0.416 e. The van der Waals surface area contributed by atoms with Crippen LogP contribution in [0.5, 0.6) is 0 Å². The molecule has 0 saturated heterocycles. The highest BCUT2D eigenvalue weighted by Crippen LogP contribution is 2.29. The van der Waals surface area contributed by atoms with Crippen LogP contribution in [0.3, 0.4) is 0 Å². The molecule has 122 valence electrons. The van der Waals surface area contributed by atoms with Gasteiger partial charge in [0.15, 0.2) is 5.78 Å². The molecule has 0 bridgehead atoms. The van der Waals surface area contributed by atoms with Crippen LogP contribution < -0.4 is 5.32 Å². The minimum Gasteiger partial charge on any atom is -0.444 e. The van der Waals surface area contributed by atoms with Crippen molar-refractivity contribution in [2.24, 2.45) is 0 Å². The number of ether oxygens (including phenoxy) is 1. The summed E-state index contributed by atoms with van der Waals surface area (Å²) in [6.45, 7) is 6.36. The van der Waals surface area contributed by atoms with E-state index in [9.17, 15) is 22.8 Å². The summed E-state index contributed by atoms with van der Waals surface area (Å²) in [5, 5.41) is 2.30. The van der Waals surface area contributed by atoms with E-state index in [1.165, 1.54) is 13.0 Å². The molecule has 1 aromatic carbocycles. The first-order valence-electron chi connectivity index (χ1n) is 6.61. The normalized spacial score (nSPS) is 13.4. The molecule has 0 fully saturated rings. The summed E-state index contributed by atoms with van der Waals surface area (Å²) in [5.74, 6) is -0.628. The van der Waals surface area contributed by atoms with Gasteiger partial charge in [-0.2, -0.15) is 13.2 Å². The highest BCUT2D eigenvalue weighted by atomic mass is 19.4. The number of benzene rings is 1. The predicted molar refractivity (Wildman–Crippen MR) is 74.6 cm³/mol. The van der Waals surface area contributed by atoms with Gasteiger partial charge in [-0.25, -0.2) is 4.79 Å². The quantitative estimate of drug-likeness (QED) is 0.863. The molecule has 1 N–H and O–H groups in total. The van der Waals surface area contributed by atoms with Gasteiger partial charge in [0.25, 0.3) is 0 Å². The molecule has 22 heavy (non-hydrogen) atoms. The van der Waals surface area contributed by atoms with Crippen LogP contribution in [-0.2, 0) is 10.9 Å². The Kier molecular flexibility index (Phi) is 5.22. The van der Waals surface area contributed by atoms with Gasteiger partial charge in [0.2, 0.25) is 0 Å². The second-order valence-corrected chi connectivity index (χ2v) is 5.81. The molecule has 0 spiro atoms. The van der Waals surface area contributed by atoms with Crippen LogP contribution in [-0.4, -0.2) is 23.5 Å². The molecule has 1 unspecified atom stereocenters. The van der Waals surface area contributed by atoms with Crippen molar-refractivity contribution >= 4 is 11.9 Å². The fraction of sp³-hybridized carbons (Fsp3) is 0.467. The van der Waals surface area contributed by atoms with E-state index < -0.39 is 35.3 Å². The maximum atomic E-state index is 12.6. The number of Topliss-reactive ketones (excluding diaryl/α,β-unsaturated/α-hetero) is 1. The van der Waals surface area contributed by atoms with Gasteiger partial charge in [-0.1, -0.05) is 12.1 Å². The van der Waals surface area contributed by atoms with Gasteiger partial charge in [0.1, 0.15) is 5.60 Å². The topological polar surface area (TPSA) is 55.4 Å². The second kappa shape index (κ2) is 6.37. The lowest BCUT2D eigenvalue weighted by molar-refractivity contribution is -0.137. The van der Waals surface area contributed by atoms with Gasteiger partial charge in [0.05, 0.1) is 11.6 Å². The lowest BCUT2D eigenvalue weighted by Crippen LogP contribution is -2.41. The molecule has 4 nitrogen and oxygen atoms in total. The molecule has 0 aliphatic carbocycles. The third-order valence-electron chi connectivity index (χ3n) is 2.60. The first kappa shape index (κ1) is 18.0. The molecule has 1 aromatic rings. The van der Waals surface area contributed by atoms with E-state index in [0.29, 0.717) is 0 Å². The number of hydrogen-bond acceptors (Lipinski definition) is 3. The third kappa shape index (κ3) is 5.38. The Morgan fingerprint density at radius 1 is 1.18 bits per heavy atom. The summed E-state index contributed by atoms with van der Waals surface area (Å²) >= 11 is 0. The molecule has 1 atom stereocenters. The first-order valence-corrected chi connectivity index (χ1v) is 6.61. The number of carbonyl (C=O) groups is 2. The van der Waals surface area contributed by atoms with Gasteiger partial charge in [0, 0.05) is 5.56 Å². The number of hydrogen-bond donors (Lipinski definition) is 1. The van der Waals surface area contributed by atoms with Gasteiger partial charge in [-0.15, -0.1) is 0 Å². The summed E-state index contributed by atoms with van der Waals surface area (Å²) in [4.78, 5) is 23.7. The van der Waals surface area contributed by atoms with Crippen molar-refractivity contribution < 1.29 is 27.5 Å². The molecule has 7 heteroatoms. The van der Waals surface area contributed by atoms with Crippen LogP contribution in [0.2, 0.25) is 0 Å². The Balaban J connectivity index is 2.81. The van der Waals surface area contributed by atoms with E-state index in [2.05, 4.69) is 5.32 Å². The number of rotatable bonds is 3. The van der Waals surface area contributed by atoms with Gasteiger partial charge < -0.3 is 10.1 Å². The average Bonchev–Trinajstić information content (AvgIpc) is 2.34. The molecule has 0 aliphatic heterocycles. The van der Waals surface area contributed by atoms with Crippen LogP contribution in [0.15, 0.2) is 24.3 Å². The van der Waals surface area contributed by atoms with Crippen molar-refractivity contribution in [1.29, 1.82) is 0 Å². The summed E-state index contributed by atoms with van der Waals surface area (Å²) in [6, 6.07) is 3.05. The smallest absolute Gasteiger partial charge is 0.416 e. The zero-order valence-electron chi connectivity index (χ0n) is 12.7. The van der Waals surface area contributed by atoms with Crippen molar-refractivity contribution in [3.63, 3.8) is 0 Å². The van der Waals surface area contributed by atoms with E-state index in [4.69, 9.17) is 4.74 Å². The SMILES string of the molecule is CC(NC(=O)OC(C)(C)C)C(=O)c1cccc(C(F)(F)F)c1. The van der Waals surface area contributed by atoms with Crippen LogP contribution in [0.1, 0.15) is 43.6 Å². The zero-order chi connectivity index (χ0) is 17.1. The molecular weight excluding hydrogens is 299 g/mol. The maximum absolute atomic E-state index is 12.6. The molecule has 0 aliphatic rings. The predicted octanol–water partition coefficient (Wildman–Crippen LogP) is 3.80. The fourth-order valence-corrected chi connectivity index (χ4v) is 1.65. The van der Waals surface area contributed by atoms with Crippen molar-refractivity contribution in [2.45, 2.75) is 45.5 Å². The molecule has 1 rings (SSSR count). The van der Waals surface area contributed by atoms with E-state index in [1.54, 1.807) is 20.8 Å². The highest BCUT2D eigenvalue weighted by Gasteiger charge is 2.31. The number of amides is 1. The Labute approximate surface area is 126 Å². The number of carbonyl (C=O) groups excluding carboxylic acids is 2. The minimum absolute atomic E-state index is 0.126. The van der Waals surface area contributed by atoms with E-state index in [1.807, 2.05) is 0 Å². The van der Waals surface area contributed by atoms with Gasteiger partial charge in [-0.3, -0.25) is 4.79 Å². The van der Waals surface area contributed by atoms with Crippen molar-refractivity contribution in [1.82, 2.24) is 5.32 Å². The Morgan fingerprint density at radius 3 is 2.27 bits per heavy atom. The lowest BCUT2D eigenvalue weighted by atomic mass is 10.0. The standard InChI is InChI=1S/C15H18F3NO3/c1-9(19-13(21)22-14(2,3)4)12(20)10-6-5-7-11(8-10)15(16,17)18/h5-9H,1-4H3,(H,19,21). The van der Waals surface area contributed by atoms with E-state index in [-0.39, 0.29) is 5.56 Å². The number of alkyl carbamates (subject to hydrolysis) is 1. The first-order chi connectivity index (χ1) is 9.90. The number of nitrogens with one attached hydrogen (secondary N) is 1. The number of halogens is 3. The minimum atomic E-state index is -4.53. The lowest BCUT2D eigenvalue weighted by Gasteiger charge is -2.21. The fourth-order valence-electron chi connectivity index (χ4n) is 1.65. The Morgan fingerprint density at radius 2 is 1.77 bits per heavy atom. The Hall–Kier alpha value is -2.05. The van der Waals surface area contributed by atoms with Crippen LogP contribution in [0, 0.1) is 0 Å². The zero-order valence-corrected chi connectivity index (χ0v) is 12.7. The third-order valence-corrected chi connectivity index (χ3v) is 2.60. The summed E-state index contributed by atoms with van der Waals surface area (Å²) in [6.07, 6.45) is -5.33. The van der Waals surface area contributed by atoms with E-state index in [0.717, 1.165) is 18.2 Å². The average molecular weight is 317 g/mol. The van der Waals surface area contributed by atoms with Crippen LogP contribution in [0.25, 0.3) is 0 Å². The molecule has 0 radical (unpaired) electrons. The second-order valence-electron chi connectivity index (χ2n) is 5.81. The van der Waals surface area contributed by atoms with Crippen molar-refractivity contribution in [3.8, 4) is 0 Å². The van der Waals surface area contributed by atoms with E-state index >= 15 is 0 Å². The summed E-state index contributed by atoms with van der Waals surface area (Å²) in [5.41, 5.74) is -1.77. The van der Waals surface area contributed by atoms with Crippen LogP contribution in [0.4, 0.5) is 18.0 Å². The molecule has 0 saturated carbocycles. The molecule has 0 aromatic heterocycles. The highest BCUT2D eigenvalue weighted by molar-refractivity contribution is 6.01. The van der Waals surface area contributed by atoms with Crippen molar-refractivity contribution in [2.75, 3.05) is 0 Å². The number of ketones is 1. The largest absolute Gasteiger partial charge is 0.444 e. The Bertz CT molecular complexity index is 562. The summed E-state index contributed by atoms with van der Waals surface area (Å²) in [7, 11) is 0. The monoisotopic (exact) mass is 317 g/mol. The molecule has 0 heterocycles. The van der Waals surface area contributed by atoms with Gasteiger partial charge in [-0.05, 0) is 39.8 Å². The van der Waals surface area contributed by atoms with Gasteiger partial charge >= 0.3 is 12.3 Å². The molecule has 1 amide bonds. The number of alkyl halides is 3. The van der Waals surface area contributed by atoms with Crippen molar-refractivity contribution in [3.05, 3.63) is 35.4 Å². The van der Waals surface area contributed by atoms with Crippen LogP contribution >= 0.6 is 0 Å². The molecular formula is C15H18F3NO3. The summed E-state index contributed by atoms with van der Waals surface area (Å²) < 4.78 is 42.9.